The highest BCUT2D eigenvalue weighted by Gasteiger charge is 2.20. The second-order valence-electron chi connectivity index (χ2n) is 15.0. The lowest BCUT2D eigenvalue weighted by Crippen LogP contribution is -2.11. The first-order valence-corrected chi connectivity index (χ1v) is 20.2. The average molecular weight is 770 g/mol. The zero-order chi connectivity index (χ0) is 43.3. The van der Waals surface area contributed by atoms with Crippen LogP contribution in [-0.4, -0.2) is 0 Å². The molecule has 0 unspecified atom stereocenters. The fourth-order valence-corrected chi connectivity index (χ4v) is 8.43. The predicted octanol–water partition coefficient (Wildman–Crippen LogP) is 16.5. The molecule has 0 bridgehead atoms. The molecule has 2 heteroatoms. The van der Waals surface area contributed by atoms with Crippen molar-refractivity contribution in [1.29, 1.82) is 0 Å². The highest BCUT2D eigenvalue weighted by Crippen LogP contribution is 2.45. The smallest absolute Gasteiger partial charge is 0.143 e. The Morgan fingerprint density at radius 3 is 1.73 bits per heavy atom. The van der Waals surface area contributed by atoms with E-state index in [1.807, 2.05) is 138 Å². The summed E-state index contributed by atoms with van der Waals surface area (Å²) in [5.74, 6) is 0. The van der Waals surface area contributed by atoms with Gasteiger partial charge in [0.25, 0.3) is 0 Å². The van der Waals surface area contributed by atoms with E-state index < -0.39 is 0 Å². The Morgan fingerprint density at radius 2 is 0.933 bits per heavy atom. The van der Waals surface area contributed by atoms with Crippen LogP contribution in [0.25, 0.3) is 88.3 Å². The molecule has 10 aromatic carbocycles. The molecule has 1 heterocycles. The fraction of sp³-hybridized carbons (Fsp3) is 0. The largest absolute Gasteiger partial charge is 0.455 e. The number of benzene rings is 10. The van der Waals surface area contributed by atoms with E-state index in [0.29, 0.717) is 16.9 Å². The Morgan fingerprint density at radius 1 is 0.350 bits per heavy atom. The third kappa shape index (κ3) is 6.41. The molecule has 0 radical (unpaired) electrons. The van der Waals surface area contributed by atoms with Crippen molar-refractivity contribution in [1.82, 2.24) is 0 Å². The van der Waals surface area contributed by atoms with Gasteiger partial charge in [0.05, 0.1) is 11.2 Å². The van der Waals surface area contributed by atoms with Crippen LogP contribution in [0.2, 0.25) is 0 Å². The molecule has 0 amide bonds. The maximum absolute atomic E-state index is 9.78. The Hall–Kier alpha value is -7.94. The molecule has 0 aliphatic rings. The lowest BCUT2D eigenvalue weighted by molar-refractivity contribution is 0.673. The second-order valence-corrected chi connectivity index (χ2v) is 15.0. The Kier molecular flexibility index (Phi) is 7.83. The summed E-state index contributed by atoms with van der Waals surface area (Å²) in [6, 6.07) is 70.6. The van der Waals surface area contributed by atoms with Crippen molar-refractivity contribution in [3.63, 3.8) is 0 Å². The van der Waals surface area contributed by atoms with E-state index >= 15 is 0 Å². The van der Waals surface area contributed by atoms with Gasteiger partial charge >= 0.3 is 0 Å². The minimum absolute atomic E-state index is 0.117. The minimum atomic E-state index is -0.143. The highest BCUT2D eigenvalue weighted by molar-refractivity contribution is 6.19. The van der Waals surface area contributed by atoms with Crippen LogP contribution in [0.1, 0.15) is 5.48 Å². The van der Waals surface area contributed by atoms with Gasteiger partial charge in [-0.25, -0.2) is 0 Å². The van der Waals surface area contributed by atoms with Crippen molar-refractivity contribution in [2.75, 3.05) is 4.90 Å². The SMILES string of the molecule is [2H]c1c([2H])c(N(c2cccc(-c3cccc4oc5c6ccccc6ccc5c34)c2)c2ccccc2-c2ccc(-c3ccccc3)cc2)c([2H])c([2H])c1-c1cccc(-c2ccccc2)c1. The molecular formula is C58H39NO. The van der Waals surface area contributed by atoms with E-state index in [0.717, 1.165) is 77.2 Å². The molecule has 2 nitrogen and oxygen atoms in total. The normalized spacial score (nSPS) is 12.3. The first kappa shape index (κ1) is 31.1. The molecule has 0 atom stereocenters. The molecule has 11 aromatic rings. The topological polar surface area (TPSA) is 16.4 Å². The quantitative estimate of drug-likeness (QED) is 0.153. The van der Waals surface area contributed by atoms with E-state index in [1.54, 1.807) is 0 Å². The van der Waals surface area contributed by atoms with Crippen molar-refractivity contribution in [3.8, 4) is 55.6 Å². The van der Waals surface area contributed by atoms with Gasteiger partial charge in [0.2, 0.25) is 0 Å². The summed E-state index contributed by atoms with van der Waals surface area (Å²) in [5, 5.41) is 4.17. The van der Waals surface area contributed by atoms with E-state index in [1.165, 1.54) is 0 Å². The Labute approximate surface area is 355 Å². The maximum Gasteiger partial charge on any atom is 0.143 e. The van der Waals surface area contributed by atoms with Gasteiger partial charge in [0.15, 0.2) is 0 Å². The summed E-state index contributed by atoms with van der Waals surface area (Å²) in [5.41, 5.74) is 11.9. The number of hydrogen-bond donors (Lipinski definition) is 0. The molecule has 11 rings (SSSR count). The number of rotatable bonds is 8. The number of fused-ring (bicyclic) bond motifs is 5. The van der Waals surface area contributed by atoms with Gasteiger partial charge in [-0.05, 0) is 104 Å². The Bertz CT molecular complexity index is 3520. The van der Waals surface area contributed by atoms with Crippen LogP contribution in [0.5, 0.6) is 0 Å². The number of para-hydroxylation sites is 1. The summed E-state index contributed by atoms with van der Waals surface area (Å²) in [4.78, 5) is 1.90. The van der Waals surface area contributed by atoms with Crippen LogP contribution in [0.4, 0.5) is 17.1 Å². The molecule has 0 aliphatic heterocycles. The summed E-state index contributed by atoms with van der Waals surface area (Å²) >= 11 is 0. The van der Waals surface area contributed by atoms with Crippen LogP contribution < -0.4 is 4.90 Å². The van der Waals surface area contributed by atoms with Gasteiger partial charge in [-0.15, -0.1) is 0 Å². The lowest BCUT2D eigenvalue weighted by Gasteiger charge is -2.28. The van der Waals surface area contributed by atoms with E-state index in [-0.39, 0.29) is 35.4 Å². The third-order valence-corrected chi connectivity index (χ3v) is 11.3. The summed E-state index contributed by atoms with van der Waals surface area (Å²) in [6.07, 6.45) is 0. The van der Waals surface area contributed by atoms with E-state index in [4.69, 9.17) is 4.42 Å². The second kappa shape index (κ2) is 15.1. The van der Waals surface area contributed by atoms with Gasteiger partial charge in [-0.3, -0.25) is 0 Å². The zero-order valence-electron chi connectivity index (χ0n) is 36.6. The zero-order valence-corrected chi connectivity index (χ0v) is 32.6. The molecular weight excluding hydrogens is 727 g/mol. The molecule has 0 fully saturated rings. The molecule has 0 saturated carbocycles. The highest BCUT2D eigenvalue weighted by atomic mass is 16.3. The first-order chi connectivity index (χ1) is 31.4. The van der Waals surface area contributed by atoms with Gasteiger partial charge in [-0.2, -0.15) is 0 Å². The average Bonchev–Trinajstić information content (AvgIpc) is 3.75. The molecule has 0 N–H and O–H groups in total. The van der Waals surface area contributed by atoms with Gasteiger partial charge < -0.3 is 9.32 Å². The standard InChI is InChI=1S/C58H39NO/c1-3-14-40(15-4-1)42-28-30-45(31-29-42)51-23-9-10-26-55(51)59(49-35-32-43(33-36-49)47-20-11-19-46(38-47)41-16-5-2-6-17-41)50-22-12-21-48(39-50)52-25-13-27-56-57(52)54-37-34-44-18-7-8-24-53(44)58(54)60-56/h1-39H/i32D,33D,35D,36D. The predicted molar refractivity (Wildman–Crippen MR) is 253 cm³/mol. The van der Waals surface area contributed by atoms with Crippen molar-refractivity contribution < 1.29 is 9.90 Å². The minimum Gasteiger partial charge on any atom is -0.455 e. The van der Waals surface area contributed by atoms with Gasteiger partial charge in [0.1, 0.15) is 11.2 Å². The lowest BCUT2D eigenvalue weighted by atomic mass is 9.96. The molecule has 282 valence electrons. The summed E-state index contributed by atoms with van der Waals surface area (Å²) in [7, 11) is 0. The third-order valence-electron chi connectivity index (χ3n) is 11.3. The maximum atomic E-state index is 9.78. The van der Waals surface area contributed by atoms with Crippen LogP contribution in [0.15, 0.2) is 241 Å². The van der Waals surface area contributed by atoms with Crippen molar-refractivity contribution in [3.05, 3.63) is 236 Å². The molecule has 0 aliphatic carbocycles. The van der Waals surface area contributed by atoms with Crippen LogP contribution in [-0.2, 0) is 0 Å². The molecule has 60 heavy (non-hydrogen) atoms. The van der Waals surface area contributed by atoms with Crippen LogP contribution in [0, 0.1) is 0 Å². The Balaban J connectivity index is 1.12. The first-order valence-electron chi connectivity index (χ1n) is 22.2. The number of furan rings is 1. The van der Waals surface area contributed by atoms with Gasteiger partial charge in [-0.1, -0.05) is 188 Å². The molecule has 0 spiro atoms. The number of nitrogens with zero attached hydrogens (tertiary/aromatic N) is 1. The molecule has 1 aromatic heterocycles. The monoisotopic (exact) mass is 769 g/mol. The van der Waals surface area contributed by atoms with E-state index in [2.05, 4.69) is 78.9 Å². The molecule has 0 saturated heterocycles. The summed E-state index contributed by atoms with van der Waals surface area (Å²) in [6.45, 7) is 0. The number of anilines is 3. The van der Waals surface area contributed by atoms with Crippen LogP contribution >= 0.6 is 0 Å². The van der Waals surface area contributed by atoms with E-state index in [9.17, 15) is 5.48 Å². The van der Waals surface area contributed by atoms with Crippen molar-refractivity contribution in [2.24, 2.45) is 0 Å². The fourth-order valence-electron chi connectivity index (χ4n) is 8.43. The van der Waals surface area contributed by atoms with Crippen molar-refractivity contribution >= 4 is 49.8 Å². The summed E-state index contributed by atoms with van der Waals surface area (Å²) < 4.78 is 45.3. The van der Waals surface area contributed by atoms with Crippen LogP contribution in [0.3, 0.4) is 0 Å². The number of hydrogen-bond acceptors (Lipinski definition) is 2. The van der Waals surface area contributed by atoms with Crippen molar-refractivity contribution in [2.45, 2.75) is 0 Å². The van der Waals surface area contributed by atoms with Gasteiger partial charge in [0, 0.05) is 33.1 Å².